The van der Waals surface area contributed by atoms with Crippen LogP contribution in [0.1, 0.15) is 5.69 Å². The summed E-state index contributed by atoms with van der Waals surface area (Å²) in [7, 11) is 1.43. The average molecular weight is 510 g/mol. The molecule has 0 unspecified atom stereocenters. The monoisotopic (exact) mass is 510 g/mol. The maximum absolute atomic E-state index is 12.7. The summed E-state index contributed by atoms with van der Waals surface area (Å²) in [6, 6.07) is 16.4. The summed E-state index contributed by atoms with van der Waals surface area (Å²) in [4.78, 5) is 17.2. The lowest BCUT2D eigenvalue weighted by Gasteiger charge is -2.15. The smallest absolute Gasteiger partial charge is 0.422 e. The van der Waals surface area contributed by atoms with Crippen molar-refractivity contribution in [2.75, 3.05) is 13.7 Å². The Morgan fingerprint density at radius 2 is 1.92 bits per heavy atom. The SMILES string of the molecule is COc1cc(-n2nccc2OCC(F)(F)F)ccc1-n1ccc(=O)c(C(C=CN)=Nc2ccccc2)n1. The number of aromatic nitrogens is 4. The van der Waals surface area contributed by atoms with Crippen molar-refractivity contribution in [2.45, 2.75) is 6.18 Å². The first-order valence-corrected chi connectivity index (χ1v) is 10.8. The molecule has 0 aliphatic heterocycles. The van der Waals surface area contributed by atoms with Crippen LogP contribution in [-0.4, -0.2) is 45.2 Å². The predicted octanol–water partition coefficient (Wildman–Crippen LogP) is 3.96. The van der Waals surface area contributed by atoms with E-state index in [-0.39, 0.29) is 22.7 Å². The third kappa shape index (κ3) is 6.04. The molecule has 2 N–H and O–H groups in total. The molecule has 12 heteroatoms. The highest BCUT2D eigenvalue weighted by molar-refractivity contribution is 6.08. The zero-order valence-corrected chi connectivity index (χ0v) is 19.5. The number of ether oxygens (including phenoxy) is 2. The second-order valence-electron chi connectivity index (χ2n) is 7.51. The van der Waals surface area contributed by atoms with Crippen molar-refractivity contribution >= 4 is 11.4 Å². The molecule has 190 valence electrons. The molecule has 4 aromatic rings. The molecule has 0 saturated carbocycles. The van der Waals surface area contributed by atoms with E-state index >= 15 is 0 Å². The average Bonchev–Trinajstić information content (AvgIpc) is 3.36. The molecule has 0 amide bonds. The van der Waals surface area contributed by atoms with Crippen LogP contribution >= 0.6 is 0 Å². The quantitative estimate of drug-likeness (QED) is 0.360. The Morgan fingerprint density at radius 3 is 2.62 bits per heavy atom. The molecule has 2 heterocycles. The molecule has 0 aliphatic rings. The Morgan fingerprint density at radius 1 is 1.14 bits per heavy atom. The first-order chi connectivity index (χ1) is 17.8. The highest BCUT2D eigenvalue weighted by Gasteiger charge is 2.29. The second kappa shape index (κ2) is 10.8. The summed E-state index contributed by atoms with van der Waals surface area (Å²) >= 11 is 0. The fraction of sp³-hybridized carbons (Fsp3) is 0.120. The highest BCUT2D eigenvalue weighted by atomic mass is 19.4. The van der Waals surface area contributed by atoms with Crippen molar-refractivity contribution < 1.29 is 22.6 Å². The number of benzene rings is 2. The van der Waals surface area contributed by atoms with Gasteiger partial charge in [-0.3, -0.25) is 4.79 Å². The Bertz CT molecular complexity index is 1490. The zero-order chi connectivity index (χ0) is 26.4. The van der Waals surface area contributed by atoms with Crippen LogP contribution in [0.5, 0.6) is 11.6 Å². The van der Waals surface area contributed by atoms with Crippen LogP contribution in [0, 0.1) is 0 Å². The number of nitrogens with zero attached hydrogens (tertiary/aromatic N) is 5. The van der Waals surface area contributed by atoms with Crippen LogP contribution in [0.3, 0.4) is 0 Å². The van der Waals surface area contributed by atoms with Gasteiger partial charge in [-0.2, -0.15) is 23.4 Å². The first kappa shape index (κ1) is 25.2. The molecule has 0 radical (unpaired) electrons. The fourth-order valence-electron chi connectivity index (χ4n) is 3.36. The van der Waals surface area contributed by atoms with Crippen LogP contribution in [0.15, 0.2) is 95.1 Å². The van der Waals surface area contributed by atoms with E-state index in [0.717, 1.165) is 0 Å². The number of rotatable bonds is 8. The van der Waals surface area contributed by atoms with Gasteiger partial charge in [0.15, 0.2) is 12.3 Å². The van der Waals surface area contributed by atoms with Crippen molar-refractivity contribution in [1.29, 1.82) is 0 Å². The van der Waals surface area contributed by atoms with Gasteiger partial charge in [0.25, 0.3) is 0 Å². The van der Waals surface area contributed by atoms with E-state index in [1.165, 1.54) is 53.3 Å². The van der Waals surface area contributed by atoms with Crippen molar-refractivity contribution in [1.82, 2.24) is 19.6 Å². The molecule has 0 aliphatic carbocycles. The van der Waals surface area contributed by atoms with E-state index in [4.69, 9.17) is 15.2 Å². The number of methoxy groups -OCH3 is 1. The predicted molar refractivity (Wildman–Crippen MR) is 131 cm³/mol. The van der Waals surface area contributed by atoms with E-state index in [9.17, 15) is 18.0 Å². The standard InChI is InChI=1S/C25H21F3N6O3/c1-36-22-15-18(34-23(10-13-30-34)37-16-25(26,27)28)7-8-20(22)33-14-11-21(35)24(32-33)19(9-12-29)31-17-5-3-2-4-6-17/h2-15H,16,29H2,1H3. The van der Waals surface area contributed by atoms with Gasteiger partial charge in [-0.15, -0.1) is 0 Å². The van der Waals surface area contributed by atoms with Gasteiger partial charge < -0.3 is 15.2 Å². The summed E-state index contributed by atoms with van der Waals surface area (Å²) in [6.45, 7) is -1.46. The molecule has 2 aromatic carbocycles. The first-order valence-electron chi connectivity index (χ1n) is 10.8. The van der Waals surface area contributed by atoms with Gasteiger partial charge in [-0.05, 0) is 36.5 Å². The van der Waals surface area contributed by atoms with Gasteiger partial charge >= 0.3 is 6.18 Å². The highest BCUT2D eigenvalue weighted by Crippen LogP contribution is 2.28. The van der Waals surface area contributed by atoms with Crippen LogP contribution in [0.2, 0.25) is 0 Å². The third-order valence-electron chi connectivity index (χ3n) is 4.96. The molecule has 37 heavy (non-hydrogen) atoms. The number of hydrogen-bond acceptors (Lipinski definition) is 7. The Balaban J connectivity index is 1.73. The second-order valence-corrected chi connectivity index (χ2v) is 7.51. The minimum atomic E-state index is -4.49. The maximum Gasteiger partial charge on any atom is 0.422 e. The topological polar surface area (TPSA) is 110 Å². The molecule has 0 saturated heterocycles. The van der Waals surface area contributed by atoms with E-state index in [1.54, 1.807) is 30.3 Å². The summed E-state index contributed by atoms with van der Waals surface area (Å²) in [5.74, 6) is 0.221. The molecular weight excluding hydrogens is 489 g/mol. The van der Waals surface area contributed by atoms with Crippen molar-refractivity contribution in [2.24, 2.45) is 10.7 Å². The molecule has 9 nitrogen and oxygen atoms in total. The van der Waals surface area contributed by atoms with Gasteiger partial charge in [-0.25, -0.2) is 14.4 Å². The normalized spacial score (nSPS) is 12.2. The van der Waals surface area contributed by atoms with Crippen LogP contribution in [-0.2, 0) is 0 Å². The van der Waals surface area contributed by atoms with Crippen LogP contribution in [0.25, 0.3) is 11.4 Å². The van der Waals surface area contributed by atoms with Crippen LogP contribution < -0.4 is 20.6 Å². The van der Waals surface area contributed by atoms with E-state index in [0.29, 0.717) is 22.8 Å². The minimum Gasteiger partial charge on any atom is -0.494 e. The van der Waals surface area contributed by atoms with Crippen molar-refractivity contribution in [3.05, 3.63) is 101 Å². The number of nitrogens with two attached hydrogens (primary N) is 1. The van der Waals surface area contributed by atoms with Gasteiger partial charge in [0.1, 0.15) is 11.4 Å². The molecular formula is C25H21F3N6O3. The summed E-state index contributed by atoms with van der Waals surface area (Å²) in [5, 5.41) is 8.49. The van der Waals surface area contributed by atoms with Gasteiger partial charge in [0, 0.05) is 24.4 Å². The largest absolute Gasteiger partial charge is 0.494 e. The Labute approximate surface area is 208 Å². The summed E-state index contributed by atoms with van der Waals surface area (Å²) in [6.07, 6.45) is 1.02. The van der Waals surface area contributed by atoms with E-state index < -0.39 is 12.8 Å². The van der Waals surface area contributed by atoms with E-state index in [1.807, 2.05) is 18.2 Å². The van der Waals surface area contributed by atoms with Crippen molar-refractivity contribution in [3.63, 3.8) is 0 Å². The minimum absolute atomic E-state index is 0.0501. The van der Waals surface area contributed by atoms with Gasteiger partial charge in [0.2, 0.25) is 11.3 Å². The molecule has 0 atom stereocenters. The number of aliphatic imine (C=N–C) groups is 1. The van der Waals surface area contributed by atoms with Crippen LogP contribution in [0.4, 0.5) is 18.9 Å². The Kier molecular flexibility index (Phi) is 7.37. The lowest BCUT2D eigenvalue weighted by Crippen LogP contribution is -2.21. The third-order valence-corrected chi connectivity index (χ3v) is 4.96. The zero-order valence-electron chi connectivity index (χ0n) is 19.5. The maximum atomic E-state index is 12.7. The summed E-state index contributed by atoms with van der Waals surface area (Å²) < 4.78 is 50.8. The lowest BCUT2D eigenvalue weighted by molar-refractivity contribution is -0.154. The number of para-hydroxylation sites is 1. The number of hydrogen-bond donors (Lipinski definition) is 1. The molecule has 4 rings (SSSR count). The number of halogens is 3. The fourth-order valence-corrected chi connectivity index (χ4v) is 3.36. The molecule has 2 aromatic heterocycles. The molecule has 0 bridgehead atoms. The molecule has 0 fully saturated rings. The van der Waals surface area contributed by atoms with Gasteiger partial charge in [-0.1, -0.05) is 18.2 Å². The lowest BCUT2D eigenvalue weighted by atomic mass is 10.2. The molecule has 0 spiro atoms. The number of alkyl halides is 3. The Hall–Kier alpha value is -4.87. The van der Waals surface area contributed by atoms with E-state index in [2.05, 4.69) is 15.2 Å². The summed E-state index contributed by atoms with van der Waals surface area (Å²) in [5.41, 5.74) is 6.97. The van der Waals surface area contributed by atoms with Gasteiger partial charge in [0.05, 0.1) is 30.4 Å². The number of allylic oxidation sites excluding steroid dienone is 1. The van der Waals surface area contributed by atoms with Crippen molar-refractivity contribution in [3.8, 4) is 23.0 Å².